The summed E-state index contributed by atoms with van der Waals surface area (Å²) in [5.74, 6) is 0. The summed E-state index contributed by atoms with van der Waals surface area (Å²) in [6, 6.07) is 0.171. The first-order valence-corrected chi connectivity index (χ1v) is 2.61. The van der Waals surface area contributed by atoms with Crippen molar-refractivity contribution in [3.63, 3.8) is 0 Å². The minimum Gasteiger partial charge on any atom is -0.324 e. The molecule has 0 aliphatic heterocycles. The Bertz CT molecular complexity index is 64.6. The Hall–Kier alpha value is -0.300. The molecule has 0 saturated carbocycles. The van der Waals surface area contributed by atoms with E-state index in [2.05, 4.69) is 13.5 Å². The third-order valence-electron chi connectivity index (χ3n) is 1.10. The monoisotopic (exact) mass is 99.1 g/mol. The van der Waals surface area contributed by atoms with Gasteiger partial charge in [0.05, 0.1) is 0 Å². The van der Waals surface area contributed by atoms with Crippen LogP contribution in [0.2, 0.25) is 0 Å². The lowest BCUT2D eigenvalue weighted by molar-refractivity contribution is 0.819. The first-order chi connectivity index (χ1) is 3.18. The Balaban J connectivity index is 3.35. The zero-order chi connectivity index (χ0) is 5.86. The Morgan fingerprint density at radius 1 is 1.86 bits per heavy atom. The van der Waals surface area contributed by atoms with E-state index in [1.54, 1.807) is 0 Å². The molecule has 1 atom stereocenters. The second kappa shape index (κ2) is 2.80. The second-order valence-corrected chi connectivity index (χ2v) is 1.80. The van der Waals surface area contributed by atoms with E-state index >= 15 is 0 Å². The number of nitrogens with two attached hydrogens (primary N) is 1. The topological polar surface area (TPSA) is 26.0 Å². The van der Waals surface area contributed by atoms with Crippen molar-refractivity contribution in [2.24, 2.45) is 5.73 Å². The average molecular weight is 99.2 g/mol. The molecule has 0 aliphatic carbocycles. The Kier molecular flexibility index (Phi) is 2.68. The van der Waals surface area contributed by atoms with Gasteiger partial charge in [-0.2, -0.15) is 0 Å². The minimum absolute atomic E-state index is 0.171. The summed E-state index contributed by atoms with van der Waals surface area (Å²) >= 11 is 0. The molecule has 0 aromatic rings. The van der Waals surface area contributed by atoms with Crippen molar-refractivity contribution in [3.8, 4) is 0 Å². The lowest BCUT2D eigenvalue weighted by atomic mass is 10.1. The summed E-state index contributed by atoms with van der Waals surface area (Å²) in [6.07, 6.45) is 0.998. The molecule has 0 radical (unpaired) electrons. The molecule has 0 aromatic carbocycles. The molecule has 0 saturated heterocycles. The van der Waals surface area contributed by atoms with E-state index in [-0.39, 0.29) is 6.04 Å². The van der Waals surface area contributed by atoms with Crippen LogP contribution in [0.5, 0.6) is 0 Å². The van der Waals surface area contributed by atoms with Crippen LogP contribution in [0.25, 0.3) is 0 Å². The highest BCUT2D eigenvalue weighted by molar-refractivity contribution is 5.00. The number of rotatable bonds is 2. The fourth-order valence-electron chi connectivity index (χ4n) is 0.322. The van der Waals surface area contributed by atoms with Crippen LogP contribution < -0.4 is 5.73 Å². The molecule has 0 fully saturated rings. The van der Waals surface area contributed by atoms with Crippen LogP contribution in [-0.4, -0.2) is 6.04 Å². The standard InChI is InChI=1S/C6H13N/c1-4-5(2)6(3)7/h6H,2,4,7H2,1,3H3. The molecule has 0 spiro atoms. The maximum Gasteiger partial charge on any atom is 0.0221 e. The van der Waals surface area contributed by atoms with Gasteiger partial charge in [-0.3, -0.25) is 0 Å². The van der Waals surface area contributed by atoms with Gasteiger partial charge < -0.3 is 5.73 Å². The molecule has 2 N–H and O–H groups in total. The minimum atomic E-state index is 0.171. The summed E-state index contributed by atoms with van der Waals surface area (Å²) in [4.78, 5) is 0. The highest BCUT2D eigenvalue weighted by Gasteiger charge is 1.93. The van der Waals surface area contributed by atoms with E-state index in [0.717, 1.165) is 12.0 Å². The predicted octanol–water partition coefficient (Wildman–Crippen LogP) is 1.30. The van der Waals surface area contributed by atoms with E-state index in [0.29, 0.717) is 0 Å². The zero-order valence-corrected chi connectivity index (χ0v) is 5.07. The highest BCUT2D eigenvalue weighted by atomic mass is 14.6. The summed E-state index contributed by atoms with van der Waals surface area (Å²) < 4.78 is 0. The second-order valence-electron chi connectivity index (χ2n) is 1.80. The van der Waals surface area contributed by atoms with Gasteiger partial charge in [-0.15, -0.1) is 0 Å². The van der Waals surface area contributed by atoms with Crippen molar-refractivity contribution in [2.45, 2.75) is 26.3 Å². The normalized spacial score (nSPS) is 13.6. The third kappa shape index (κ3) is 2.40. The summed E-state index contributed by atoms with van der Waals surface area (Å²) in [5, 5.41) is 0. The van der Waals surface area contributed by atoms with E-state index in [4.69, 9.17) is 5.73 Å². The number of hydrogen-bond donors (Lipinski definition) is 1. The highest BCUT2D eigenvalue weighted by Crippen LogP contribution is 1.98. The maximum absolute atomic E-state index is 5.45. The van der Waals surface area contributed by atoms with Crippen molar-refractivity contribution < 1.29 is 0 Å². The molecule has 42 valence electrons. The van der Waals surface area contributed by atoms with Gasteiger partial charge in [0.1, 0.15) is 0 Å². The Morgan fingerprint density at radius 3 is 2.29 bits per heavy atom. The van der Waals surface area contributed by atoms with Crippen LogP contribution in [0.3, 0.4) is 0 Å². The number of hydrogen-bond acceptors (Lipinski definition) is 1. The van der Waals surface area contributed by atoms with Crippen LogP contribution in [0.15, 0.2) is 12.2 Å². The predicted molar refractivity (Wildman–Crippen MR) is 33.1 cm³/mol. The smallest absolute Gasteiger partial charge is 0.0221 e. The van der Waals surface area contributed by atoms with Crippen LogP contribution in [0, 0.1) is 0 Å². The fraction of sp³-hybridized carbons (Fsp3) is 0.667. The molecule has 0 bridgehead atoms. The SMILES string of the molecule is C=C(CC)C(C)N. The molecule has 0 aromatic heterocycles. The van der Waals surface area contributed by atoms with Crippen molar-refractivity contribution in [3.05, 3.63) is 12.2 Å². The van der Waals surface area contributed by atoms with Crippen molar-refractivity contribution >= 4 is 0 Å². The molecule has 0 amide bonds. The molecule has 7 heavy (non-hydrogen) atoms. The quantitative estimate of drug-likeness (QED) is 0.519. The maximum atomic E-state index is 5.45. The lowest BCUT2D eigenvalue weighted by Gasteiger charge is -2.03. The first-order valence-electron chi connectivity index (χ1n) is 2.61. The Morgan fingerprint density at radius 2 is 2.29 bits per heavy atom. The fourth-order valence-corrected chi connectivity index (χ4v) is 0.322. The zero-order valence-electron chi connectivity index (χ0n) is 5.07. The molecule has 1 unspecified atom stereocenters. The van der Waals surface area contributed by atoms with Gasteiger partial charge in [0.25, 0.3) is 0 Å². The van der Waals surface area contributed by atoms with Gasteiger partial charge >= 0.3 is 0 Å². The van der Waals surface area contributed by atoms with Crippen molar-refractivity contribution in [1.29, 1.82) is 0 Å². The summed E-state index contributed by atoms with van der Waals surface area (Å²) in [6.45, 7) is 7.76. The van der Waals surface area contributed by atoms with E-state index in [1.165, 1.54) is 0 Å². The first kappa shape index (κ1) is 6.70. The third-order valence-corrected chi connectivity index (χ3v) is 1.10. The van der Waals surface area contributed by atoms with E-state index in [9.17, 15) is 0 Å². The molecular formula is C6H13N. The molecule has 0 aliphatic rings. The molecule has 0 heterocycles. The van der Waals surface area contributed by atoms with Gasteiger partial charge in [0.15, 0.2) is 0 Å². The molecule has 1 heteroatoms. The van der Waals surface area contributed by atoms with Gasteiger partial charge in [0.2, 0.25) is 0 Å². The van der Waals surface area contributed by atoms with Gasteiger partial charge in [0, 0.05) is 6.04 Å². The van der Waals surface area contributed by atoms with Crippen LogP contribution in [0.1, 0.15) is 20.3 Å². The summed E-state index contributed by atoms with van der Waals surface area (Å²) in [5.41, 5.74) is 6.57. The van der Waals surface area contributed by atoms with Crippen LogP contribution in [-0.2, 0) is 0 Å². The molecule has 0 rings (SSSR count). The van der Waals surface area contributed by atoms with Gasteiger partial charge in [-0.1, -0.05) is 19.1 Å². The van der Waals surface area contributed by atoms with Crippen molar-refractivity contribution in [1.82, 2.24) is 0 Å². The lowest BCUT2D eigenvalue weighted by Crippen LogP contribution is -2.16. The molecule has 1 nitrogen and oxygen atoms in total. The van der Waals surface area contributed by atoms with Gasteiger partial charge in [-0.25, -0.2) is 0 Å². The van der Waals surface area contributed by atoms with Crippen LogP contribution in [0.4, 0.5) is 0 Å². The summed E-state index contributed by atoms with van der Waals surface area (Å²) in [7, 11) is 0. The van der Waals surface area contributed by atoms with Gasteiger partial charge in [-0.05, 0) is 13.3 Å². The van der Waals surface area contributed by atoms with Crippen molar-refractivity contribution in [2.75, 3.05) is 0 Å². The molecular weight excluding hydrogens is 86.1 g/mol. The van der Waals surface area contributed by atoms with E-state index < -0.39 is 0 Å². The average Bonchev–Trinajstić information content (AvgIpc) is 1.65. The van der Waals surface area contributed by atoms with E-state index in [1.807, 2.05) is 6.92 Å². The Labute approximate surface area is 45.2 Å². The van der Waals surface area contributed by atoms with Crippen LogP contribution >= 0.6 is 0 Å². The largest absolute Gasteiger partial charge is 0.324 e.